The average molecular weight is 361 g/mol. The van der Waals surface area contributed by atoms with Crippen LogP contribution in [0.25, 0.3) is 11.0 Å². The summed E-state index contributed by atoms with van der Waals surface area (Å²) in [4.78, 5) is 19.4. The summed E-state index contributed by atoms with van der Waals surface area (Å²) < 4.78 is 0. The molecular weight excluding hydrogens is 342 g/mol. The van der Waals surface area contributed by atoms with E-state index in [-0.39, 0.29) is 12.5 Å². The number of rotatable bonds is 4. The Hall–Kier alpha value is -3.22. The molecule has 136 valence electrons. The fraction of sp³-hybridized carbons (Fsp3) is 0.143. The van der Waals surface area contributed by atoms with Crippen LogP contribution in [-0.4, -0.2) is 32.8 Å². The maximum atomic E-state index is 11.6. The maximum Gasteiger partial charge on any atom is 0.274 e. The van der Waals surface area contributed by atoms with Gasteiger partial charge in [-0.25, -0.2) is 10.5 Å². The molecule has 3 aromatic rings. The summed E-state index contributed by atoms with van der Waals surface area (Å²) in [7, 11) is 0. The fourth-order valence-corrected chi connectivity index (χ4v) is 3.34. The Kier molecular flexibility index (Phi) is 4.35. The number of allylic oxidation sites excluding steroid dienone is 2. The van der Waals surface area contributed by atoms with Crippen molar-refractivity contribution in [3.8, 4) is 0 Å². The van der Waals surface area contributed by atoms with E-state index < -0.39 is 11.3 Å². The Labute approximate surface area is 155 Å². The van der Waals surface area contributed by atoms with Gasteiger partial charge in [-0.3, -0.25) is 10.0 Å². The summed E-state index contributed by atoms with van der Waals surface area (Å²) in [6.45, 7) is -0.134. The van der Waals surface area contributed by atoms with Gasteiger partial charge >= 0.3 is 0 Å². The number of aromatic nitrogens is 2. The highest BCUT2D eigenvalue weighted by Crippen LogP contribution is 2.34. The molecule has 0 atom stereocenters. The second kappa shape index (κ2) is 6.83. The van der Waals surface area contributed by atoms with Gasteiger partial charge in [0.1, 0.15) is 5.82 Å². The predicted octanol–water partition coefficient (Wildman–Crippen LogP) is 2.82. The average Bonchev–Trinajstić information content (AvgIpc) is 3.18. The Morgan fingerprint density at radius 1 is 1.15 bits per heavy atom. The summed E-state index contributed by atoms with van der Waals surface area (Å²) in [5.74, 6) is 0.156. The fourth-order valence-electron chi connectivity index (χ4n) is 3.34. The molecule has 0 saturated carbocycles. The van der Waals surface area contributed by atoms with E-state index in [0.717, 1.165) is 0 Å². The third-order valence-electron chi connectivity index (χ3n) is 4.93. The number of aliphatic hydroxyl groups is 1. The zero-order valence-electron chi connectivity index (χ0n) is 14.5. The van der Waals surface area contributed by atoms with Crippen LogP contribution in [0.4, 0.5) is 0 Å². The Morgan fingerprint density at radius 2 is 1.89 bits per heavy atom. The monoisotopic (exact) mass is 361 g/mol. The molecule has 0 saturated heterocycles. The van der Waals surface area contributed by atoms with E-state index in [1.165, 1.54) is 5.56 Å². The van der Waals surface area contributed by atoms with Gasteiger partial charge in [-0.2, -0.15) is 0 Å². The number of nitrogens with one attached hydrogen (secondary N) is 2. The number of carbonyl (C=O) groups excluding carboxylic acids is 1. The number of aromatic amines is 1. The van der Waals surface area contributed by atoms with E-state index in [2.05, 4.69) is 34.3 Å². The van der Waals surface area contributed by atoms with E-state index in [1.807, 2.05) is 30.4 Å². The lowest BCUT2D eigenvalue weighted by Gasteiger charge is -2.27. The van der Waals surface area contributed by atoms with Crippen LogP contribution >= 0.6 is 0 Å². The van der Waals surface area contributed by atoms with E-state index in [0.29, 0.717) is 22.4 Å². The number of H-pyrrole nitrogens is 1. The van der Waals surface area contributed by atoms with Crippen LogP contribution in [0.1, 0.15) is 27.7 Å². The molecule has 0 fully saturated rings. The molecule has 0 aliphatic heterocycles. The quantitative estimate of drug-likeness (QED) is 0.326. The number of benzene rings is 2. The summed E-state index contributed by atoms with van der Waals surface area (Å²) in [5.41, 5.74) is 3.71. The highest BCUT2D eigenvalue weighted by Gasteiger charge is 2.32. The maximum absolute atomic E-state index is 11.6. The lowest BCUT2D eigenvalue weighted by Crippen LogP contribution is -2.29. The number of hydrogen-bond donors (Lipinski definition) is 4. The van der Waals surface area contributed by atoms with Gasteiger partial charge in [0.25, 0.3) is 5.91 Å². The molecule has 1 aliphatic carbocycles. The Morgan fingerprint density at radius 3 is 2.56 bits per heavy atom. The molecule has 0 bridgehead atoms. The van der Waals surface area contributed by atoms with Gasteiger partial charge in [0.15, 0.2) is 0 Å². The van der Waals surface area contributed by atoms with Crippen LogP contribution in [0.2, 0.25) is 0 Å². The largest absolute Gasteiger partial charge is 0.395 e. The van der Waals surface area contributed by atoms with Crippen LogP contribution in [-0.2, 0) is 5.41 Å². The van der Waals surface area contributed by atoms with Gasteiger partial charge in [0.2, 0.25) is 0 Å². The second-order valence-electron chi connectivity index (χ2n) is 6.61. The van der Waals surface area contributed by atoms with Gasteiger partial charge < -0.3 is 10.1 Å². The van der Waals surface area contributed by atoms with E-state index in [1.54, 1.807) is 23.7 Å². The number of aliphatic hydroxyl groups excluding tert-OH is 1. The standard InChI is InChI=1S/C21H19N3O3/c25-13-21(10-8-15(9-11-21)14-4-2-1-3-5-14)20-22-17-7-6-16(19(26)24-27)12-18(17)23-20/h1-12,15,25,27H,13H2,(H,22,23)(H,24,26). The summed E-state index contributed by atoms with van der Waals surface area (Å²) in [6, 6.07) is 15.0. The van der Waals surface area contributed by atoms with Crippen LogP contribution in [0, 0.1) is 0 Å². The van der Waals surface area contributed by atoms with Gasteiger partial charge in [0, 0.05) is 11.5 Å². The molecular formula is C21H19N3O3. The van der Waals surface area contributed by atoms with Crippen LogP contribution in [0.3, 0.4) is 0 Å². The third kappa shape index (κ3) is 3.05. The Balaban J connectivity index is 1.69. The predicted molar refractivity (Wildman–Crippen MR) is 102 cm³/mol. The van der Waals surface area contributed by atoms with Crippen LogP contribution in [0.15, 0.2) is 72.8 Å². The minimum absolute atomic E-state index is 0.134. The van der Waals surface area contributed by atoms with Crippen molar-refractivity contribution in [2.24, 2.45) is 0 Å². The molecule has 2 aromatic carbocycles. The van der Waals surface area contributed by atoms with E-state index in [4.69, 9.17) is 5.21 Å². The molecule has 1 aliphatic rings. The lowest BCUT2D eigenvalue weighted by molar-refractivity contribution is 0.0706. The highest BCUT2D eigenvalue weighted by atomic mass is 16.5. The molecule has 0 radical (unpaired) electrons. The number of hydroxylamine groups is 1. The van der Waals surface area contributed by atoms with Crippen molar-refractivity contribution in [2.75, 3.05) is 6.61 Å². The van der Waals surface area contributed by atoms with Gasteiger partial charge in [0.05, 0.1) is 23.1 Å². The second-order valence-corrected chi connectivity index (χ2v) is 6.61. The highest BCUT2D eigenvalue weighted by molar-refractivity contribution is 5.96. The number of imidazole rings is 1. The van der Waals surface area contributed by atoms with Crippen molar-refractivity contribution < 1.29 is 15.1 Å². The van der Waals surface area contributed by atoms with Crippen LogP contribution in [0.5, 0.6) is 0 Å². The molecule has 4 N–H and O–H groups in total. The molecule has 6 heteroatoms. The first-order valence-electron chi connectivity index (χ1n) is 8.64. The first-order valence-corrected chi connectivity index (χ1v) is 8.64. The zero-order chi connectivity index (χ0) is 18.9. The van der Waals surface area contributed by atoms with Crippen molar-refractivity contribution in [3.05, 3.63) is 89.8 Å². The Bertz CT molecular complexity index is 1020. The molecule has 6 nitrogen and oxygen atoms in total. The van der Waals surface area contributed by atoms with E-state index >= 15 is 0 Å². The molecule has 1 amide bonds. The molecule has 1 heterocycles. The molecule has 1 aromatic heterocycles. The van der Waals surface area contributed by atoms with Crippen molar-refractivity contribution in [3.63, 3.8) is 0 Å². The number of nitrogens with zero attached hydrogens (tertiary/aromatic N) is 1. The van der Waals surface area contributed by atoms with E-state index in [9.17, 15) is 9.90 Å². The van der Waals surface area contributed by atoms with Crippen molar-refractivity contribution >= 4 is 16.9 Å². The smallest absolute Gasteiger partial charge is 0.274 e. The topological polar surface area (TPSA) is 98.2 Å². The van der Waals surface area contributed by atoms with Gasteiger partial charge in [-0.1, -0.05) is 54.6 Å². The molecule has 4 rings (SSSR count). The number of carbonyl (C=O) groups is 1. The van der Waals surface area contributed by atoms with Crippen molar-refractivity contribution in [2.45, 2.75) is 11.3 Å². The van der Waals surface area contributed by atoms with Crippen molar-refractivity contribution in [1.82, 2.24) is 15.4 Å². The lowest BCUT2D eigenvalue weighted by atomic mass is 9.80. The number of fused-ring (bicyclic) bond motifs is 1. The molecule has 0 spiro atoms. The number of hydrogen-bond acceptors (Lipinski definition) is 4. The third-order valence-corrected chi connectivity index (χ3v) is 4.93. The normalized spacial score (nSPS) is 21.5. The zero-order valence-corrected chi connectivity index (χ0v) is 14.5. The minimum Gasteiger partial charge on any atom is -0.395 e. The first-order chi connectivity index (χ1) is 13.1. The first kappa shape index (κ1) is 17.2. The minimum atomic E-state index is -0.746. The summed E-state index contributed by atoms with van der Waals surface area (Å²) in [5, 5.41) is 18.9. The van der Waals surface area contributed by atoms with Gasteiger partial charge in [-0.05, 0) is 23.8 Å². The summed E-state index contributed by atoms with van der Waals surface area (Å²) in [6.07, 6.45) is 8.04. The SMILES string of the molecule is O=C(NO)c1ccc2nc(C3(CO)C=CC(c4ccccc4)C=C3)[nH]c2c1. The molecule has 27 heavy (non-hydrogen) atoms. The molecule has 0 unspecified atom stereocenters. The number of amides is 1. The van der Waals surface area contributed by atoms with Gasteiger partial charge in [-0.15, -0.1) is 0 Å². The summed E-state index contributed by atoms with van der Waals surface area (Å²) >= 11 is 0. The van der Waals surface area contributed by atoms with Crippen LogP contribution < -0.4 is 5.48 Å². The van der Waals surface area contributed by atoms with Crippen molar-refractivity contribution in [1.29, 1.82) is 0 Å².